The number of carboxylic acids is 1. The van der Waals surface area contributed by atoms with Gasteiger partial charge in [-0.3, -0.25) is 23.4 Å². The molecule has 11 nitrogen and oxygen atoms in total. The number of hydrogen-bond donors (Lipinski definition) is 3. The van der Waals surface area contributed by atoms with Crippen molar-refractivity contribution in [3.63, 3.8) is 0 Å². The second-order valence-electron chi connectivity index (χ2n) is 14.5. The average molecular weight is 812 g/mol. The molecule has 324 valence electrons. The highest BCUT2D eigenvalue weighted by Crippen LogP contribution is 2.43. The lowest BCUT2D eigenvalue weighted by Gasteiger charge is -2.20. The van der Waals surface area contributed by atoms with Gasteiger partial charge >= 0.3 is 25.7 Å². The standard InChI is InChI=1S/C44H78NO10P/c1-3-5-7-9-11-13-15-17-19-20-22-24-26-28-30-32-34-36-43(47)55-40(38-53-56(50,51)54-39-41(45)44(48)49)37-52-42(46)35-33-31-29-27-25-23-21-18-16-14-12-10-8-6-4-2/h11,13,17,19,22,24,28,30,40-41H,3-10,12,14-16,18,20-21,23,25-27,29,31-39,45H2,1-2H3,(H,48,49)(H,50,51). The Kier molecular flexibility index (Phi) is 37.5. The van der Waals surface area contributed by atoms with Gasteiger partial charge in [-0.05, 0) is 51.4 Å². The molecule has 0 aromatic heterocycles. The number of nitrogens with two attached hydrogens (primary N) is 1. The minimum absolute atomic E-state index is 0.0857. The first-order valence-corrected chi connectivity index (χ1v) is 23.2. The number of unbranched alkanes of at least 4 members (excludes halogenated alkanes) is 18. The van der Waals surface area contributed by atoms with Gasteiger partial charge in [-0.25, -0.2) is 4.57 Å². The maximum atomic E-state index is 12.6. The predicted octanol–water partition coefficient (Wildman–Crippen LogP) is 11.4. The van der Waals surface area contributed by atoms with E-state index in [2.05, 4.69) is 54.8 Å². The lowest BCUT2D eigenvalue weighted by Crippen LogP contribution is -2.34. The first-order valence-electron chi connectivity index (χ1n) is 21.7. The number of carbonyl (C=O) groups excluding carboxylic acids is 2. The van der Waals surface area contributed by atoms with E-state index in [9.17, 15) is 23.8 Å². The zero-order chi connectivity index (χ0) is 41.4. The number of allylic oxidation sites excluding steroid dienone is 8. The molecule has 0 spiro atoms. The lowest BCUT2D eigenvalue weighted by atomic mass is 10.0. The van der Waals surface area contributed by atoms with Crippen LogP contribution in [0.25, 0.3) is 0 Å². The molecule has 12 heteroatoms. The Morgan fingerprint density at radius 1 is 0.554 bits per heavy atom. The van der Waals surface area contributed by atoms with E-state index < -0.39 is 51.1 Å². The molecule has 0 heterocycles. The van der Waals surface area contributed by atoms with Crippen LogP contribution in [-0.2, 0) is 37.5 Å². The van der Waals surface area contributed by atoms with Crippen LogP contribution in [0.1, 0.15) is 181 Å². The van der Waals surface area contributed by atoms with Gasteiger partial charge in [0.15, 0.2) is 6.10 Å². The number of carbonyl (C=O) groups is 3. The van der Waals surface area contributed by atoms with Gasteiger partial charge in [0, 0.05) is 12.8 Å². The number of hydrogen-bond acceptors (Lipinski definition) is 9. The molecule has 0 amide bonds. The van der Waals surface area contributed by atoms with Gasteiger partial charge in [0.1, 0.15) is 12.6 Å². The maximum Gasteiger partial charge on any atom is 0.472 e. The summed E-state index contributed by atoms with van der Waals surface area (Å²) in [7, 11) is -4.73. The fraction of sp³-hybridized carbons (Fsp3) is 0.750. The molecule has 0 aliphatic carbocycles. The molecule has 3 atom stereocenters. The van der Waals surface area contributed by atoms with Gasteiger partial charge in [-0.15, -0.1) is 0 Å². The molecule has 0 radical (unpaired) electrons. The lowest BCUT2D eigenvalue weighted by molar-refractivity contribution is -0.161. The van der Waals surface area contributed by atoms with Gasteiger partial charge in [0.05, 0.1) is 13.2 Å². The van der Waals surface area contributed by atoms with Crippen LogP contribution in [0.2, 0.25) is 0 Å². The molecule has 0 aliphatic heterocycles. The number of aliphatic carboxylic acids is 1. The monoisotopic (exact) mass is 812 g/mol. The second kappa shape index (κ2) is 39.3. The van der Waals surface area contributed by atoms with Crippen molar-refractivity contribution in [3.05, 3.63) is 48.6 Å². The zero-order valence-electron chi connectivity index (χ0n) is 35.0. The molecular formula is C44H78NO10P. The van der Waals surface area contributed by atoms with Crippen LogP contribution in [0.4, 0.5) is 0 Å². The van der Waals surface area contributed by atoms with Crippen molar-refractivity contribution in [1.82, 2.24) is 0 Å². The molecule has 0 aromatic rings. The number of esters is 2. The summed E-state index contributed by atoms with van der Waals surface area (Å²) in [5, 5.41) is 8.88. The number of carboxylic acid groups (broad SMARTS) is 1. The molecule has 0 saturated heterocycles. The third-order valence-corrected chi connectivity index (χ3v) is 10.0. The van der Waals surface area contributed by atoms with E-state index in [4.69, 9.17) is 24.8 Å². The van der Waals surface area contributed by atoms with E-state index in [-0.39, 0.29) is 19.4 Å². The van der Waals surface area contributed by atoms with Gasteiger partial charge in [0.25, 0.3) is 0 Å². The van der Waals surface area contributed by atoms with Crippen molar-refractivity contribution in [1.29, 1.82) is 0 Å². The summed E-state index contributed by atoms with van der Waals surface area (Å²) >= 11 is 0. The van der Waals surface area contributed by atoms with E-state index in [1.165, 1.54) is 89.9 Å². The van der Waals surface area contributed by atoms with E-state index in [1.54, 1.807) is 0 Å². The molecule has 56 heavy (non-hydrogen) atoms. The first-order chi connectivity index (χ1) is 27.1. The molecule has 3 unspecified atom stereocenters. The van der Waals surface area contributed by atoms with Crippen LogP contribution >= 0.6 is 7.82 Å². The molecule has 0 saturated carbocycles. The largest absolute Gasteiger partial charge is 0.480 e. The summed E-state index contributed by atoms with van der Waals surface area (Å²) in [4.78, 5) is 45.9. The summed E-state index contributed by atoms with van der Waals surface area (Å²) in [6, 6.07) is -1.53. The highest BCUT2D eigenvalue weighted by atomic mass is 31.2. The Morgan fingerprint density at radius 2 is 0.964 bits per heavy atom. The number of ether oxygens (including phenoxy) is 2. The fourth-order valence-electron chi connectivity index (χ4n) is 5.65. The molecule has 0 aromatic carbocycles. The predicted molar refractivity (Wildman–Crippen MR) is 226 cm³/mol. The first kappa shape index (κ1) is 53.4. The van der Waals surface area contributed by atoms with E-state index in [0.29, 0.717) is 19.3 Å². The fourth-order valence-corrected chi connectivity index (χ4v) is 6.42. The quantitative estimate of drug-likeness (QED) is 0.0233. The number of phosphoric acid groups is 1. The van der Waals surface area contributed by atoms with Gasteiger partial charge < -0.3 is 25.2 Å². The van der Waals surface area contributed by atoms with Crippen LogP contribution in [-0.4, -0.2) is 59.9 Å². The van der Waals surface area contributed by atoms with Crippen LogP contribution in [0.15, 0.2) is 48.6 Å². The maximum absolute atomic E-state index is 12.6. The number of rotatable bonds is 40. The van der Waals surface area contributed by atoms with Crippen molar-refractivity contribution < 1.29 is 47.5 Å². The Bertz CT molecular complexity index is 1140. The van der Waals surface area contributed by atoms with Crippen molar-refractivity contribution in [3.8, 4) is 0 Å². The third-order valence-electron chi connectivity index (χ3n) is 9.08. The van der Waals surface area contributed by atoms with E-state index in [0.717, 1.165) is 44.9 Å². The Hall–Kier alpha value is -2.56. The molecular weight excluding hydrogens is 733 g/mol. The zero-order valence-corrected chi connectivity index (χ0v) is 35.9. The SMILES string of the molecule is CCCCCC=CCC=CCC=CCC=CCCCC(=O)OC(COC(=O)CCCCCCCCCCCCCCCCC)COP(=O)(O)OCC(N)C(=O)O. The van der Waals surface area contributed by atoms with Crippen LogP contribution < -0.4 is 5.73 Å². The van der Waals surface area contributed by atoms with Crippen LogP contribution in [0.5, 0.6) is 0 Å². The molecule has 0 rings (SSSR count). The molecule has 0 bridgehead atoms. The second-order valence-corrected chi connectivity index (χ2v) is 15.9. The molecule has 4 N–H and O–H groups in total. The number of phosphoric ester groups is 1. The van der Waals surface area contributed by atoms with Gasteiger partial charge in [0.2, 0.25) is 0 Å². The van der Waals surface area contributed by atoms with Crippen molar-refractivity contribution >= 4 is 25.7 Å². The topological polar surface area (TPSA) is 172 Å². The Labute approximate surface area is 339 Å². The van der Waals surface area contributed by atoms with Gasteiger partial charge in [-0.2, -0.15) is 0 Å². The summed E-state index contributed by atoms with van der Waals surface area (Å²) in [5.74, 6) is -2.45. The molecule has 0 fully saturated rings. The summed E-state index contributed by atoms with van der Waals surface area (Å²) in [6.07, 6.45) is 43.2. The highest BCUT2D eigenvalue weighted by Gasteiger charge is 2.28. The Balaban J connectivity index is 4.46. The van der Waals surface area contributed by atoms with E-state index in [1.807, 2.05) is 12.2 Å². The van der Waals surface area contributed by atoms with Crippen LogP contribution in [0, 0.1) is 0 Å². The Morgan fingerprint density at radius 3 is 1.46 bits per heavy atom. The normalized spacial score (nSPS) is 14.2. The molecule has 0 aliphatic rings. The van der Waals surface area contributed by atoms with Crippen molar-refractivity contribution in [2.24, 2.45) is 5.73 Å². The minimum atomic E-state index is -4.73. The summed E-state index contributed by atoms with van der Waals surface area (Å²) in [5.41, 5.74) is 5.33. The average Bonchev–Trinajstić information content (AvgIpc) is 3.17. The summed E-state index contributed by atoms with van der Waals surface area (Å²) < 4.78 is 32.6. The van der Waals surface area contributed by atoms with Crippen molar-refractivity contribution in [2.45, 2.75) is 193 Å². The summed E-state index contributed by atoms with van der Waals surface area (Å²) in [6.45, 7) is 2.72. The van der Waals surface area contributed by atoms with Crippen LogP contribution in [0.3, 0.4) is 0 Å². The minimum Gasteiger partial charge on any atom is -0.480 e. The highest BCUT2D eigenvalue weighted by molar-refractivity contribution is 7.47. The van der Waals surface area contributed by atoms with Crippen molar-refractivity contribution in [2.75, 3.05) is 19.8 Å². The van der Waals surface area contributed by atoms with Gasteiger partial charge in [-0.1, -0.05) is 165 Å². The third kappa shape index (κ3) is 38.3. The van der Waals surface area contributed by atoms with E-state index >= 15 is 0 Å². The smallest absolute Gasteiger partial charge is 0.472 e.